The quantitative estimate of drug-likeness (QED) is 0.849. The predicted molar refractivity (Wildman–Crippen MR) is 107 cm³/mol. The average molecular weight is 387 g/mol. The van der Waals surface area contributed by atoms with E-state index >= 15 is 0 Å². The van der Waals surface area contributed by atoms with E-state index in [-0.39, 0.29) is 16.8 Å². The number of carbonyl (C=O) groups is 1. The van der Waals surface area contributed by atoms with Crippen molar-refractivity contribution in [2.24, 2.45) is 5.92 Å². The normalized spacial score (nSPS) is 20.1. The zero-order valence-electron chi connectivity index (χ0n) is 15.8. The summed E-state index contributed by atoms with van der Waals surface area (Å²) in [6.07, 6.45) is 4.49. The summed E-state index contributed by atoms with van der Waals surface area (Å²) in [6, 6.07) is 15.2. The van der Waals surface area contributed by atoms with Gasteiger partial charge in [-0.2, -0.15) is 0 Å². The molecule has 5 nitrogen and oxygen atoms in total. The molecule has 0 heterocycles. The van der Waals surface area contributed by atoms with Gasteiger partial charge in [-0.15, -0.1) is 0 Å². The van der Waals surface area contributed by atoms with Crippen LogP contribution in [0.1, 0.15) is 43.0 Å². The molecule has 0 unspecified atom stereocenters. The first kappa shape index (κ1) is 19.4. The summed E-state index contributed by atoms with van der Waals surface area (Å²) in [5.41, 5.74) is 1.07. The van der Waals surface area contributed by atoms with E-state index in [2.05, 4.69) is 12.2 Å². The van der Waals surface area contributed by atoms with Crippen LogP contribution in [0.5, 0.6) is 0 Å². The molecular formula is C21H26N2O3S. The summed E-state index contributed by atoms with van der Waals surface area (Å²) >= 11 is 0. The Balaban J connectivity index is 1.73. The number of benzene rings is 2. The number of hydrogen-bond acceptors (Lipinski definition) is 3. The summed E-state index contributed by atoms with van der Waals surface area (Å²) in [7, 11) is -2.15. The molecule has 1 fully saturated rings. The van der Waals surface area contributed by atoms with Crippen molar-refractivity contribution >= 4 is 21.6 Å². The van der Waals surface area contributed by atoms with Crippen molar-refractivity contribution in [3.63, 3.8) is 0 Å². The van der Waals surface area contributed by atoms with Gasteiger partial charge in [0.1, 0.15) is 0 Å². The Hall–Kier alpha value is -2.34. The second-order valence-corrected chi connectivity index (χ2v) is 9.14. The SMILES string of the molecule is C[C@H]1CCCC[C@H]1NC(=O)c1ccc(S(=O)(=O)N(C)c2ccccc2)cc1. The van der Waals surface area contributed by atoms with Crippen LogP contribution in [0.4, 0.5) is 5.69 Å². The van der Waals surface area contributed by atoms with Crippen LogP contribution in [0.25, 0.3) is 0 Å². The molecule has 0 aliphatic heterocycles. The fourth-order valence-corrected chi connectivity index (χ4v) is 4.69. The van der Waals surface area contributed by atoms with Crippen molar-refractivity contribution in [2.45, 2.75) is 43.5 Å². The summed E-state index contributed by atoms with van der Waals surface area (Å²) in [5, 5.41) is 3.09. The largest absolute Gasteiger partial charge is 0.349 e. The zero-order valence-corrected chi connectivity index (χ0v) is 16.6. The smallest absolute Gasteiger partial charge is 0.264 e. The van der Waals surface area contributed by atoms with Crippen molar-refractivity contribution in [1.29, 1.82) is 0 Å². The lowest BCUT2D eigenvalue weighted by Gasteiger charge is -2.29. The molecule has 2 aromatic carbocycles. The highest BCUT2D eigenvalue weighted by Gasteiger charge is 2.24. The van der Waals surface area contributed by atoms with E-state index in [1.54, 1.807) is 36.4 Å². The number of carbonyl (C=O) groups excluding carboxylic acids is 1. The summed E-state index contributed by atoms with van der Waals surface area (Å²) in [4.78, 5) is 12.7. The Morgan fingerprint density at radius 1 is 1.00 bits per heavy atom. The number of anilines is 1. The number of sulfonamides is 1. The third kappa shape index (κ3) is 4.33. The molecule has 1 aliphatic carbocycles. The molecule has 0 aromatic heterocycles. The van der Waals surface area contributed by atoms with Crippen LogP contribution >= 0.6 is 0 Å². The van der Waals surface area contributed by atoms with Crippen LogP contribution < -0.4 is 9.62 Å². The molecule has 1 amide bonds. The van der Waals surface area contributed by atoms with Gasteiger partial charge in [-0.25, -0.2) is 8.42 Å². The highest BCUT2D eigenvalue weighted by Crippen LogP contribution is 2.25. The minimum atomic E-state index is -3.67. The molecule has 144 valence electrons. The Kier molecular flexibility index (Phi) is 5.85. The first-order chi connectivity index (χ1) is 12.9. The van der Waals surface area contributed by atoms with E-state index in [1.165, 1.54) is 29.9 Å². The molecule has 1 aliphatic rings. The van der Waals surface area contributed by atoms with Crippen LogP contribution in [0.3, 0.4) is 0 Å². The second kappa shape index (κ2) is 8.13. The maximum absolute atomic E-state index is 12.8. The molecule has 27 heavy (non-hydrogen) atoms. The van der Waals surface area contributed by atoms with E-state index in [0.29, 0.717) is 17.2 Å². The lowest BCUT2D eigenvalue weighted by atomic mass is 9.86. The number of para-hydroxylation sites is 1. The Morgan fingerprint density at radius 3 is 2.26 bits per heavy atom. The minimum Gasteiger partial charge on any atom is -0.349 e. The molecule has 0 radical (unpaired) electrons. The monoisotopic (exact) mass is 386 g/mol. The Bertz CT molecular complexity index is 879. The van der Waals surface area contributed by atoms with E-state index in [9.17, 15) is 13.2 Å². The Labute approximate surface area is 161 Å². The van der Waals surface area contributed by atoms with E-state index < -0.39 is 10.0 Å². The molecular weight excluding hydrogens is 360 g/mol. The summed E-state index contributed by atoms with van der Waals surface area (Å²) in [6.45, 7) is 2.17. The third-order valence-corrected chi connectivity index (χ3v) is 7.12. The van der Waals surface area contributed by atoms with E-state index in [0.717, 1.165) is 19.3 Å². The van der Waals surface area contributed by atoms with E-state index in [4.69, 9.17) is 0 Å². The molecule has 0 bridgehead atoms. The van der Waals surface area contributed by atoms with Crippen molar-refractivity contribution in [3.05, 3.63) is 60.2 Å². The fourth-order valence-electron chi connectivity index (χ4n) is 3.50. The average Bonchev–Trinajstić information content (AvgIpc) is 2.70. The first-order valence-electron chi connectivity index (χ1n) is 9.34. The van der Waals surface area contributed by atoms with Crippen LogP contribution in [0, 0.1) is 5.92 Å². The highest BCUT2D eigenvalue weighted by atomic mass is 32.2. The number of rotatable bonds is 5. The lowest BCUT2D eigenvalue weighted by Crippen LogP contribution is -2.41. The van der Waals surface area contributed by atoms with Gasteiger partial charge in [-0.3, -0.25) is 9.10 Å². The van der Waals surface area contributed by atoms with Gasteiger partial charge in [0.05, 0.1) is 10.6 Å². The van der Waals surface area contributed by atoms with Gasteiger partial charge in [0.25, 0.3) is 15.9 Å². The summed E-state index contributed by atoms with van der Waals surface area (Å²) < 4.78 is 26.8. The van der Waals surface area contributed by atoms with Gasteiger partial charge in [0.2, 0.25) is 0 Å². The number of nitrogens with zero attached hydrogens (tertiary/aromatic N) is 1. The second-order valence-electron chi connectivity index (χ2n) is 7.17. The third-order valence-electron chi connectivity index (χ3n) is 5.32. The predicted octanol–water partition coefficient (Wildman–Crippen LogP) is 3.82. The fraction of sp³-hybridized carbons (Fsp3) is 0.381. The van der Waals surface area contributed by atoms with Crippen LogP contribution in [0.15, 0.2) is 59.5 Å². The van der Waals surface area contributed by atoms with Crippen molar-refractivity contribution < 1.29 is 13.2 Å². The number of nitrogens with one attached hydrogen (secondary N) is 1. The van der Waals surface area contributed by atoms with Gasteiger partial charge >= 0.3 is 0 Å². The van der Waals surface area contributed by atoms with Gasteiger partial charge < -0.3 is 5.32 Å². The standard InChI is InChI=1S/C21H26N2O3S/c1-16-8-6-7-11-20(16)22-21(24)17-12-14-19(15-13-17)27(25,26)23(2)18-9-4-3-5-10-18/h3-5,9-10,12-16,20H,6-8,11H2,1-2H3,(H,22,24)/t16-,20+/m0/s1. The van der Waals surface area contributed by atoms with Gasteiger partial charge in [-0.05, 0) is 55.2 Å². The van der Waals surface area contributed by atoms with Crippen LogP contribution in [-0.2, 0) is 10.0 Å². The first-order valence-corrected chi connectivity index (χ1v) is 10.8. The Morgan fingerprint density at radius 2 is 1.63 bits per heavy atom. The molecule has 1 saturated carbocycles. The van der Waals surface area contributed by atoms with E-state index in [1.807, 2.05) is 6.07 Å². The zero-order chi connectivity index (χ0) is 19.4. The van der Waals surface area contributed by atoms with Gasteiger partial charge in [-0.1, -0.05) is 38.0 Å². The molecule has 0 spiro atoms. The number of amides is 1. The van der Waals surface area contributed by atoms with Gasteiger partial charge in [0, 0.05) is 18.7 Å². The highest BCUT2D eigenvalue weighted by molar-refractivity contribution is 7.92. The molecule has 2 atom stereocenters. The topological polar surface area (TPSA) is 66.5 Å². The van der Waals surface area contributed by atoms with Crippen molar-refractivity contribution in [3.8, 4) is 0 Å². The van der Waals surface area contributed by atoms with Crippen LogP contribution in [-0.4, -0.2) is 27.4 Å². The molecule has 6 heteroatoms. The maximum atomic E-state index is 12.8. The maximum Gasteiger partial charge on any atom is 0.264 e. The molecule has 0 saturated heterocycles. The molecule has 3 rings (SSSR count). The molecule has 1 N–H and O–H groups in total. The van der Waals surface area contributed by atoms with Gasteiger partial charge in [0.15, 0.2) is 0 Å². The number of hydrogen-bond donors (Lipinski definition) is 1. The van der Waals surface area contributed by atoms with Crippen molar-refractivity contribution in [1.82, 2.24) is 5.32 Å². The van der Waals surface area contributed by atoms with Crippen molar-refractivity contribution in [2.75, 3.05) is 11.4 Å². The van der Waals surface area contributed by atoms with Crippen LogP contribution in [0.2, 0.25) is 0 Å². The molecule has 2 aromatic rings. The minimum absolute atomic E-state index is 0.144. The lowest BCUT2D eigenvalue weighted by molar-refractivity contribution is 0.0910. The summed E-state index contributed by atoms with van der Waals surface area (Å²) in [5.74, 6) is 0.330.